The Labute approximate surface area is 200 Å². The molecule has 1 atom stereocenters. The van der Waals surface area contributed by atoms with E-state index >= 15 is 0 Å². The van der Waals surface area contributed by atoms with Gasteiger partial charge < -0.3 is 15.0 Å². The Bertz CT molecular complexity index is 1440. The first kappa shape index (κ1) is 22.1. The summed E-state index contributed by atoms with van der Waals surface area (Å²) in [7, 11) is -3.83. The second-order valence-corrected chi connectivity index (χ2v) is 9.85. The molecule has 10 heteroatoms. The van der Waals surface area contributed by atoms with Crippen LogP contribution in [0.15, 0.2) is 82.1 Å². The molecule has 1 saturated heterocycles. The van der Waals surface area contributed by atoms with E-state index in [9.17, 15) is 18.0 Å². The first-order valence-corrected chi connectivity index (χ1v) is 12.2. The molecular formula is C24H18ClN3O5S. The van der Waals surface area contributed by atoms with E-state index in [1.165, 1.54) is 18.2 Å². The Morgan fingerprint density at radius 2 is 1.79 bits per heavy atom. The number of hydrogen-bond donors (Lipinski definition) is 1. The van der Waals surface area contributed by atoms with E-state index in [0.29, 0.717) is 10.6 Å². The van der Waals surface area contributed by atoms with Gasteiger partial charge in [0.1, 0.15) is 4.90 Å². The molecule has 1 unspecified atom stereocenters. The minimum Gasteiger partial charge on any atom is -0.424 e. The third-order valence-electron chi connectivity index (χ3n) is 5.56. The van der Waals surface area contributed by atoms with Crippen LogP contribution in [-0.4, -0.2) is 32.7 Å². The quantitative estimate of drug-likeness (QED) is 0.435. The van der Waals surface area contributed by atoms with Crippen LogP contribution in [-0.2, 0) is 19.6 Å². The molecule has 3 aromatic rings. The van der Waals surface area contributed by atoms with Crippen molar-refractivity contribution in [1.29, 1.82) is 0 Å². The third kappa shape index (κ3) is 4.15. The van der Waals surface area contributed by atoms with Crippen molar-refractivity contribution in [2.45, 2.75) is 11.3 Å². The Morgan fingerprint density at radius 3 is 2.59 bits per heavy atom. The molecule has 2 aliphatic heterocycles. The second kappa shape index (κ2) is 8.58. The van der Waals surface area contributed by atoms with Crippen LogP contribution in [0.25, 0.3) is 0 Å². The summed E-state index contributed by atoms with van der Waals surface area (Å²) in [5.41, 5.74) is 1.39. The number of benzene rings is 3. The molecule has 5 rings (SSSR count). The van der Waals surface area contributed by atoms with Gasteiger partial charge in [-0.3, -0.25) is 9.59 Å². The number of carbonyl (C=O) groups is 2. The summed E-state index contributed by atoms with van der Waals surface area (Å²) in [6.45, 7) is 0.205. The highest BCUT2D eigenvalue weighted by atomic mass is 35.5. The van der Waals surface area contributed by atoms with Gasteiger partial charge in [-0.2, -0.15) is 8.42 Å². The predicted octanol–water partition coefficient (Wildman–Crippen LogP) is 3.86. The lowest BCUT2D eigenvalue weighted by Gasteiger charge is -2.17. The maximum absolute atomic E-state index is 12.9. The molecule has 172 valence electrons. The lowest BCUT2D eigenvalue weighted by molar-refractivity contribution is -0.139. The van der Waals surface area contributed by atoms with Gasteiger partial charge in [0, 0.05) is 29.2 Å². The minimum absolute atomic E-state index is 0.0302. The van der Waals surface area contributed by atoms with Gasteiger partial charge in [0.2, 0.25) is 5.91 Å². The number of anilines is 2. The number of fused-ring (bicyclic) bond motifs is 1. The Balaban J connectivity index is 1.37. The summed E-state index contributed by atoms with van der Waals surface area (Å²) in [5.74, 6) is -1.14. The molecule has 1 N–H and O–H groups in total. The Hall–Kier alpha value is -3.69. The Kier molecular flexibility index (Phi) is 5.59. The highest BCUT2D eigenvalue weighted by Crippen LogP contribution is 2.33. The number of ether oxygens (including phenoxy) is 1. The van der Waals surface area contributed by atoms with Crippen LogP contribution in [0.2, 0.25) is 5.02 Å². The normalized spacial score (nSPS) is 18.4. The highest BCUT2D eigenvalue weighted by molar-refractivity contribution is 7.90. The van der Waals surface area contributed by atoms with Gasteiger partial charge in [-0.1, -0.05) is 41.9 Å². The molecule has 1 fully saturated rings. The van der Waals surface area contributed by atoms with Gasteiger partial charge in [0.25, 0.3) is 10.0 Å². The molecular weight excluding hydrogens is 478 g/mol. The summed E-state index contributed by atoms with van der Waals surface area (Å²) in [6, 6.07) is 20.1. The SMILES string of the molecule is O=C(Oc1ccc(Cl)cc1NC1=NS(=O)(=O)c2ccccc21)C1CC(=O)N(c2ccccc2)C1. The van der Waals surface area contributed by atoms with Crippen LogP contribution < -0.4 is 15.0 Å². The largest absolute Gasteiger partial charge is 0.424 e. The number of hydrogen-bond acceptors (Lipinski definition) is 6. The minimum atomic E-state index is -3.83. The standard InChI is InChI=1S/C24H18ClN3O5S/c25-16-10-11-20(19(13-16)26-23-18-8-4-5-9-21(18)34(31,32)27-23)33-24(30)15-12-22(29)28(14-15)17-6-2-1-3-7-17/h1-11,13,15H,12,14H2,(H,26,27). The number of para-hydroxylation sites is 1. The molecule has 1 amide bonds. The molecule has 0 aliphatic carbocycles. The summed E-state index contributed by atoms with van der Waals surface area (Å²) in [6.07, 6.45) is 0.0302. The van der Waals surface area contributed by atoms with Gasteiger partial charge in [-0.05, 0) is 42.5 Å². The number of carbonyl (C=O) groups excluding carboxylic acids is 2. The number of amides is 1. The van der Waals surface area contributed by atoms with E-state index in [0.717, 1.165) is 5.69 Å². The maximum Gasteiger partial charge on any atom is 0.316 e. The number of rotatable bonds is 4. The fourth-order valence-electron chi connectivity index (χ4n) is 3.93. The van der Waals surface area contributed by atoms with Crippen LogP contribution in [0.4, 0.5) is 11.4 Å². The van der Waals surface area contributed by atoms with Gasteiger partial charge >= 0.3 is 5.97 Å². The van der Waals surface area contributed by atoms with E-state index in [1.807, 2.05) is 18.2 Å². The van der Waals surface area contributed by atoms with Crippen LogP contribution in [0.1, 0.15) is 12.0 Å². The van der Waals surface area contributed by atoms with E-state index in [2.05, 4.69) is 9.71 Å². The average Bonchev–Trinajstić information content (AvgIpc) is 3.33. The highest BCUT2D eigenvalue weighted by Gasteiger charge is 2.37. The van der Waals surface area contributed by atoms with Crippen molar-refractivity contribution in [3.63, 3.8) is 0 Å². The molecule has 0 saturated carbocycles. The van der Waals surface area contributed by atoms with Gasteiger partial charge in [0.05, 0.1) is 11.6 Å². The predicted molar refractivity (Wildman–Crippen MR) is 128 cm³/mol. The molecule has 0 spiro atoms. The van der Waals surface area contributed by atoms with E-state index in [4.69, 9.17) is 16.3 Å². The molecule has 0 radical (unpaired) electrons. The first-order valence-electron chi connectivity index (χ1n) is 10.4. The topological polar surface area (TPSA) is 105 Å². The zero-order valence-electron chi connectivity index (χ0n) is 17.6. The molecule has 0 bridgehead atoms. The molecule has 2 aliphatic rings. The van der Waals surface area contributed by atoms with Crippen molar-refractivity contribution in [3.8, 4) is 5.75 Å². The number of halogens is 1. The molecule has 0 aromatic heterocycles. The zero-order valence-corrected chi connectivity index (χ0v) is 19.2. The number of sulfonamides is 1. The fraction of sp³-hybridized carbons (Fsp3) is 0.125. The first-order chi connectivity index (χ1) is 16.3. The number of nitrogens with zero attached hydrogens (tertiary/aromatic N) is 2. The summed E-state index contributed by atoms with van der Waals surface area (Å²) in [4.78, 5) is 27.0. The van der Waals surface area contributed by atoms with Crippen LogP contribution in [0.3, 0.4) is 0 Å². The molecule has 2 heterocycles. The molecule has 3 aromatic carbocycles. The van der Waals surface area contributed by atoms with Gasteiger partial charge in [-0.25, -0.2) is 0 Å². The summed E-state index contributed by atoms with van der Waals surface area (Å²) < 4.78 is 34.2. The van der Waals surface area contributed by atoms with Crippen molar-refractivity contribution < 1.29 is 22.7 Å². The van der Waals surface area contributed by atoms with Crippen molar-refractivity contribution in [3.05, 3.63) is 83.4 Å². The second-order valence-electron chi connectivity index (χ2n) is 7.84. The van der Waals surface area contributed by atoms with Crippen molar-refractivity contribution in [2.75, 3.05) is 16.8 Å². The summed E-state index contributed by atoms with van der Waals surface area (Å²) >= 11 is 6.14. The van der Waals surface area contributed by atoms with Crippen molar-refractivity contribution in [1.82, 2.24) is 0 Å². The Morgan fingerprint density at radius 1 is 1.06 bits per heavy atom. The lowest BCUT2D eigenvalue weighted by atomic mass is 10.1. The van der Waals surface area contributed by atoms with E-state index in [1.54, 1.807) is 41.3 Å². The molecule has 34 heavy (non-hydrogen) atoms. The number of nitrogens with one attached hydrogen (secondary N) is 1. The van der Waals surface area contributed by atoms with Crippen LogP contribution in [0, 0.1) is 5.92 Å². The lowest BCUT2D eigenvalue weighted by Crippen LogP contribution is -2.27. The van der Waals surface area contributed by atoms with Gasteiger partial charge in [0.15, 0.2) is 11.6 Å². The zero-order chi connectivity index (χ0) is 23.9. The van der Waals surface area contributed by atoms with E-state index in [-0.39, 0.29) is 41.0 Å². The smallest absolute Gasteiger partial charge is 0.316 e. The fourth-order valence-corrected chi connectivity index (χ4v) is 5.27. The van der Waals surface area contributed by atoms with E-state index < -0.39 is 21.9 Å². The van der Waals surface area contributed by atoms with Crippen LogP contribution in [0.5, 0.6) is 5.75 Å². The number of esters is 1. The number of amidine groups is 1. The van der Waals surface area contributed by atoms with Crippen molar-refractivity contribution in [2.24, 2.45) is 10.3 Å². The monoisotopic (exact) mass is 495 g/mol. The van der Waals surface area contributed by atoms with Crippen LogP contribution >= 0.6 is 11.6 Å². The van der Waals surface area contributed by atoms with Gasteiger partial charge in [-0.15, -0.1) is 4.40 Å². The summed E-state index contributed by atoms with van der Waals surface area (Å²) in [5, 5.41) is 3.28. The molecule has 8 nitrogen and oxygen atoms in total. The third-order valence-corrected chi connectivity index (χ3v) is 7.13. The van der Waals surface area contributed by atoms with Crippen molar-refractivity contribution >= 4 is 50.7 Å². The maximum atomic E-state index is 12.9. The average molecular weight is 496 g/mol.